The number of pyridine rings is 1. The number of carbonyl (C=O) groups excluding carboxylic acids is 1. The lowest BCUT2D eigenvalue weighted by molar-refractivity contribution is 0.102. The van der Waals surface area contributed by atoms with E-state index in [1.165, 1.54) is 23.5 Å². The first-order chi connectivity index (χ1) is 10.1. The predicted molar refractivity (Wildman–Crippen MR) is 79.4 cm³/mol. The topological polar surface area (TPSA) is 68.9 Å². The van der Waals surface area contributed by atoms with Crippen LogP contribution in [-0.4, -0.2) is 20.3 Å². The molecule has 110 valence electrons. The van der Waals surface area contributed by atoms with Gasteiger partial charge in [0, 0.05) is 25.5 Å². The number of anilines is 1. The Labute approximate surface area is 122 Å². The maximum atomic E-state index is 12.2. The molecule has 0 aliphatic heterocycles. The van der Waals surface area contributed by atoms with Crippen molar-refractivity contribution in [2.24, 2.45) is 7.05 Å². The van der Waals surface area contributed by atoms with Crippen LogP contribution in [0.2, 0.25) is 0 Å². The molecule has 0 saturated heterocycles. The summed E-state index contributed by atoms with van der Waals surface area (Å²) in [4.78, 5) is 23.5. The van der Waals surface area contributed by atoms with Crippen molar-refractivity contribution in [2.75, 3.05) is 5.32 Å². The van der Waals surface area contributed by atoms with Gasteiger partial charge in [0.1, 0.15) is 0 Å². The first-order valence-electron chi connectivity index (χ1n) is 7.17. The highest BCUT2D eigenvalue weighted by molar-refractivity contribution is 6.02. The van der Waals surface area contributed by atoms with Crippen molar-refractivity contribution in [3.05, 3.63) is 46.6 Å². The first kappa shape index (κ1) is 13.6. The Hall–Kier alpha value is -2.37. The number of aromatic nitrogens is 3. The molecule has 0 radical (unpaired) electrons. The van der Waals surface area contributed by atoms with Gasteiger partial charge in [-0.15, -0.1) is 0 Å². The van der Waals surface area contributed by atoms with Crippen LogP contribution in [-0.2, 0) is 7.05 Å². The summed E-state index contributed by atoms with van der Waals surface area (Å²) in [7, 11) is 1.65. The third-order valence-corrected chi connectivity index (χ3v) is 3.88. The number of aryl methyl sites for hydroxylation is 1. The van der Waals surface area contributed by atoms with Gasteiger partial charge in [-0.1, -0.05) is 12.8 Å². The molecule has 0 spiro atoms. The lowest BCUT2D eigenvalue weighted by Gasteiger charge is -2.09. The zero-order valence-electron chi connectivity index (χ0n) is 12.0. The van der Waals surface area contributed by atoms with E-state index in [9.17, 15) is 9.59 Å². The minimum atomic E-state index is -0.259. The van der Waals surface area contributed by atoms with Crippen molar-refractivity contribution >= 4 is 11.6 Å². The van der Waals surface area contributed by atoms with Gasteiger partial charge in [0.25, 0.3) is 5.91 Å². The van der Waals surface area contributed by atoms with E-state index in [1.807, 2.05) is 10.9 Å². The number of amides is 1. The molecule has 0 aromatic carbocycles. The molecule has 3 rings (SSSR count). The zero-order chi connectivity index (χ0) is 14.8. The third kappa shape index (κ3) is 2.89. The van der Waals surface area contributed by atoms with Crippen LogP contribution in [0.4, 0.5) is 5.69 Å². The van der Waals surface area contributed by atoms with E-state index in [0.29, 0.717) is 17.4 Å². The monoisotopic (exact) mass is 286 g/mol. The molecule has 2 aromatic heterocycles. The highest BCUT2D eigenvalue weighted by Gasteiger charge is 2.19. The first-order valence-corrected chi connectivity index (χ1v) is 7.17. The van der Waals surface area contributed by atoms with Gasteiger partial charge in [0.2, 0.25) is 5.56 Å². The summed E-state index contributed by atoms with van der Waals surface area (Å²) in [5.74, 6) is -0.259. The Kier molecular flexibility index (Phi) is 3.60. The fourth-order valence-corrected chi connectivity index (χ4v) is 2.69. The molecule has 2 heterocycles. The number of nitrogens with one attached hydrogen (secondary N) is 1. The summed E-state index contributed by atoms with van der Waals surface area (Å²) in [5.41, 5.74) is 0.867. The second-order valence-electron chi connectivity index (χ2n) is 5.44. The highest BCUT2D eigenvalue weighted by atomic mass is 16.2. The number of hydrogen-bond donors (Lipinski definition) is 1. The number of hydrogen-bond acceptors (Lipinski definition) is 3. The van der Waals surface area contributed by atoms with Gasteiger partial charge in [-0.2, -0.15) is 5.10 Å². The fourth-order valence-electron chi connectivity index (χ4n) is 2.69. The third-order valence-electron chi connectivity index (χ3n) is 3.88. The van der Waals surface area contributed by atoms with Crippen molar-refractivity contribution in [2.45, 2.75) is 31.7 Å². The van der Waals surface area contributed by atoms with Gasteiger partial charge in [-0.05, 0) is 25.0 Å². The van der Waals surface area contributed by atoms with Crippen molar-refractivity contribution in [3.8, 4) is 0 Å². The molecule has 0 atom stereocenters. The molecular formula is C15H18N4O2. The normalized spacial score (nSPS) is 15.3. The smallest absolute Gasteiger partial charge is 0.276 e. The van der Waals surface area contributed by atoms with E-state index in [0.717, 1.165) is 12.8 Å². The Morgan fingerprint density at radius 2 is 2.05 bits per heavy atom. The standard InChI is InChI=1S/C15H18N4O2/c1-18-10-11(6-7-14(18)20)16-15(21)13-8-9-19(17-13)12-4-2-3-5-12/h6-10,12H,2-5H2,1H3,(H,16,21). The van der Waals surface area contributed by atoms with E-state index in [-0.39, 0.29) is 11.5 Å². The molecule has 1 aliphatic rings. The maximum absolute atomic E-state index is 12.2. The molecule has 0 bridgehead atoms. The van der Waals surface area contributed by atoms with Gasteiger partial charge in [0.15, 0.2) is 5.69 Å². The second-order valence-corrected chi connectivity index (χ2v) is 5.44. The summed E-state index contributed by atoms with van der Waals surface area (Å²) in [6, 6.07) is 5.17. The number of nitrogens with zero attached hydrogens (tertiary/aromatic N) is 3. The highest BCUT2D eigenvalue weighted by Crippen LogP contribution is 2.28. The SMILES string of the molecule is Cn1cc(NC(=O)c2ccn(C3CCCC3)n2)ccc1=O. The molecule has 1 amide bonds. The largest absolute Gasteiger partial charge is 0.319 e. The van der Waals surface area contributed by atoms with E-state index in [2.05, 4.69) is 10.4 Å². The van der Waals surface area contributed by atoms with Crippen molar-refractivity contribution < 1.29 is 4.79 Å². The van der Waals surface area contributed by atoms with Crippen LogP contribution in [0.25, 0.3) is 0 Å². The van der Waals surface area contributed by atoms with E-state index in [4.69, 9.17) is 0 Å². The molecule has 6 nitrogen and oxygen atoms in total. The Morgan fingerprint density at radius 1 is 1.29 bits per heavy atom. The minimum Gasteiger partial charge on any atom is -0.319 e. The Bertz CT molecular complexity index is 710. The number of rotatable bonds is 3. The molecule has 1 fully saturated rings. The molecule has 1 N–H and O–H groups in total. The van der Waals surface area contributed by atoms with E-state index >= 15 is 0 Å². The van der Waals surface area contributed by atoms with Crippen LogP contribution < -0.4 is 10.9 Å². The second kappa shape index (κ2) is 5.55. The Morgan fingerprint density at radius 3 is 2.76 bits per heavy atom. The van der Waals surface area contributed by atoms with E-state index < -0.39 is 0 Å². The van der Waals surface area contributed by atoms with Gasteiger partial charge < -0.3 is 9.88 Å². The molecular weight excluding hydrogens is 268 g/mol. The van der Waals surface area contributed by atoms with Crippen molar-refractivity contribution in [3.63, 3.8) is 0 Å². The summed E-state index contributed by atoms with van der Waals surface area (Å²) >= 11 is 0. The fraction of sp³-hybridized carbons (Fsp3) is 0.400. The summed E-state index contributed by atoms with van der Waals surface area (Å²) in [6.45, 7) is 0. The lowest BCUT2D eigenvalue weighted by Crippen LogP contribution is -2.18. The van der Waals surface area contributed by atoms with Gasteiger partial charge in [-0.3, -0.25) is 14.3 Å². The van der Waals surface area contributed by atoms with E-state index in [1.54, 1.807) is 25.4 Å². The quantitative estimate of drug-likeness (QED) is 0.937. The summed E-state index contributed by atoms with van der Waals surface area (Å²) in [6.07, 6.45) is 8.17. The minimum absolute atomic E-state index is 0.112. The average Bonchev–Trinajstić information content (AvgIpc) is 3.12. The van der Waals surface area contributed by atoms with Crippen molar-refractivity contribution in [1.82, 2.24) is 14.3 Å². The molecule has 2 aromatic rings. The lowest BCUT2D eigenvalue weighted by atomic mass is 10.3. The summed E-state index contributed by atoms with van der Waals surface area (Å²) in [5, 5.41) is 7.12. The number of carbonyl (C=O) groups is 1. The van der Waals surface area contributed by atoms with Crippen LogP contribution in [0.1, 0.15) is 42.2 Å². The van der Waals surface area contributed by atoms with Crippen LogP contribution in [0.3, 0.4) is 0 Å². The molecule has 0 unspecified atom stereocenters. The van der Waals surface area contributed by atoms with Gasteiger partial charge >= 0.3 is 0 Å². The molecule has 6 heteroatoms. The van der Waals surface area contributed by atoms with Crippen LogP contribution in [0, 0.1) is 0 Å². The molecule has 1 saturated carbocycles. The maximum Gasteiger partial charge on any atom is 0.276 e. The van der Waals surface area contributed by atoms with Crippen LogP contribution in [0.5, 0.6) is 0 Å². The van der Waals surface area contributed by atoms with Crippen molar-refractivity contribution in [1.29, 1.82) is 0 Å². The molecule has 1 aliphatic carbocycles. The molecule has 21 heavy (non-hydrogen) atoms. The van der Waals surface area contributed by atoms with Gasteiger partial charge in [-0.25, -0.2) is 0 Å². The predicted octanol–water partition coefficient (Wildman–Crippen LogP) is 1.95. The average molecular weight is 286 g/mol. The zero-order valence-corrected chi connectivity index (χ0v) is 12.0. The van der Waals surface area contributed by atoms with Crippen LogP contribution >= 0.6 is 0 Å². The van der Waals surface area contributed by atoms with Gasteiger partial charge in [0.05, 0.1) is 11.7 Å². The summed E-state index contributed by atoms with van der Waals surface area (Å²) < 4.78 is 3.31. The Balaban J connectivity index is 1.72. The van der Waals surface area contributed by atoms with Crippen LogP contribution in [0.15, 0.2) is 35.4 Å².